The molecule has 2 heterocycles. The zero-order valence-electron chi connectivity index (χ0n) is 9.64. The molecular weight excluding hydrogens is 221 g/mol. The molecule has 3 rings (SSSR count). The number of anilines is 1. The molecule has 0 amide bonds. The maximum atomic E-state index is 12.8. The highest BCUT2D eigenvalue weighted by atomic mass is 19.1. The second-order valence-electron chi connectivity index (χ2n) is 5.19. The van der Waals surface area contributed by atoms with E-state index in [9.17, 15) is 9.50 Å². The highest BCUT2D eigenvalue weighted by Crippen LogP contribution is 2.48. The van der Waals surface area contributed by atoms with Crippen molar-refractivity contribution < 1.29 is 9.50 Å². The first-order chi connectivity index (χ1) is 8.23. The van der Waals surface area contributed by atoms with Crippen LogP contribution in [0.2, 0.25) is 0 Å². The van der Waals surface area contributed by atoms with Gasteiger partial charge in [0.05, 0.1) is 19.0 Å². The molecule has 1 aliphatic heterocycles. The fourth-order valence-corrected chi connectivity index (χ4v) is 3.29. The third-order valence-electron chi connectivity index (χ3n) is 4.24. The van der Waals surface area contributed by atoms with Gasteiger partial charge in [-0.05, 0) is 18.8 Å². The van der Waals surface area contributed by atoms with Gasteiger partial charge in [0.25, 0.3) is 0 Å². The summed E-state index contributed by atoms with van der Waals surface area (Å²) in [6, 6.07) is 0. The van der Waals surface area contributed by atoms with Gasteiger partial charge in [-0.3, -0.25) is 0 Å². The summed E-state index contributed by atoms with van der Waals surface area (Å²) < 4.78 is 12.8. The zero-order chi connectivity index (χ0) is 11.9. The van der Waals surface area contributed by atoms with E-state index in [0.717, 1.165) is 25.9 Å². The van der Waals surface area contributed by atoms with Crippen LogP contribution in [0.25, 0.3) is 0 Å². The maximum absolute atomic E-state index is 12.8. The second-order valence-corrected chi connectivity index (χ2v) is 5.19. The van der Waals surface area contributed by atoms with Gasteiger partial charge >= 0.3 is 0 Å². The lowest BCUT2D eigenvalue weighted by Gasteiger charge is -2.25. The summed E-state index contributed by atoms with van der Waals surface area (Å²) in [6.45, 7) is 1.90. The van der Waals surface area contributed by atoms with E-state index in [1.807, 2.05) is 0 Å². The number of aromatic nitrogens is 2. The summed E-state index contributed by atoms with van der Waals surface area (Å²) in [5.74, 6) is 0.694. The molecule has 1 aromatic heterocycles. The topological polar surface area (TPSA) is 49.2 Å². The Morgan fingerprint density at radius 1 is 1.47 bits per heavy atom. The lowest BCUT2D eigenvalue weighted by Crippen LogP contribution is -2.31. The molecule has 92 valence electrons. The van der Waals surface area contributed by atoms with E-state index in [-0.39, 0.29) is 12.0 Å². The highest BCUT2D eigenvalue weighted by molar-refractivity contribution is 5.33. The van der Waals surface area contributed by atoms with Gasteiger partial charge in [0.2, 0.25) is 5.95 Å². The van der Waals surface area contributed by atoms with Crippen LogP contribution in [0.5, 0.6) is 0 Å². The highest BCUT2D eigenvalue weighted by Gasteiger charge is 2.49. The van der Waals surface area contributed by atoms with E-state index in [4.69, 9.17) is 0 Å². The SMILES string of the molecule is OCC12CCCC1CN(c1ncc(F)cn1)C2. The van der Waals surface area contributed by atoms with Gasteiger partial charge in [-0.1, -0.05) is 6.42 Å². The van der Waals surface area contributed by atoms with Crippen LogP contribution in [0.4, 0.5) is 10.3 Å². The van der Waals surface area contributed by atoms with Gasteiger partial charge in [0.15, 0.2) is 5.82 Å². The Kier molecular flexibility index (Phi) is 2.50. The summed E-state index contributed by atoms with van der Waals surface area (Å²) in [4.78, 5) is 10.1. The van der Waals surface area contributed by atoms with Gasteiger partial charge in [-0.25, -0.2) is 14.4 Å². The van der Waals surface area contributed by atoms with Crippen molar-refractivity contribution in [2.24, 2.45) is 11.3 Å². The Morgan fingerprint density at radius 2 is 2.24 bits per heavy atom. The average Bonchev–Trinajstić information content (AvgIpc) is 2.86. The van der Waals surface area contributed by atoms with Crippen LogP contribution in [-0.2, 0) is 0 Å². The zero-order valence-corrected chi connectivity index (χ0v) is 9.64. The Morgan fingerprint density at radius 3 is 2.88 bits per heavy atom. The predicted octanol–water partition coefficient (Wildman–Crippen LogP) is 1.21. The van der Waals surface area contributed by atoms with E-state index in [1.54, 1.807) is 0 Å². The molecule has 1 aliphatic carbocycles. The number of hydrogen-bond donors (Lipinski definition) is 1. The van der Waals surface area contributed by atoms with Gasteiger partial charge in [-0.15, -0.1) is 0 Å². The number of rotatable bonds is 2. The molecule has 2 atom stereocenters. The molecule has 1 saturated carbocycles. The lowest BCUT2D eigenvalue weighted by atomic mass is 9.82. The third-order valence-corrected chi connectivity index (χ3v) is 4.24. The summed E-state index contributed by atoms with van der Waals surface area (Å²) in [7, 11) is 0. The van der Waals surface area contributed by atoms with Crippen molar-refractivity contribution in [1.29, 1.82) is 0 Å². The van der Waals surface area contributed by atoms with Crippen LogP contribution in [0.3, 0.4) is 0 Å². The van der Waals surface area contributed by atoms with Crippen LogP contribution < -0.4 is 4.90 Å². The van der Waals surface area contributed by atoms with Gasteiger partial charge in [0, 0.05) is 18.5 Å². The van der Waals surface area contributed by atoms with E-state index in [1.165, 1.54) is 18.8 Å². The molecule has 1 N–H and O–H groups in total. The monoisotopic (exact) mass is 237 g/mol. The molecular formula is C12H16FN3O. The third kappa shape index (κ3) is 1.69. The lowest BCUT2D eigenvalue weighted by molar-refractivity contribution is 0.121. The van der Waals surface area contributed by atoms with Crippen molar-refractivity contribution in [2.75, 3.05) is 24.6 Å². The van der Waals surface area contributed by atoms with Gasteiger partial charge in [0.1, 0.15) is 0 Å². The van der Waals surface area contributed by atoms with Crippen LogP contribution in [0.1, 0.15) is 19.3 Å². The molecule has 1 aromatic rings. The molecule has 0 bridgehead atoms. The average molecular weight is 237 g/mol. The Hall–Kier alpha value is -1.23. The Balaban J connectivity index is 1.82. The molecule has 5 heteroatoms. The first-order valence-corrected chi connectivity index (χ1v) is 6.07. The quantitative estimate of drug-likeness (QED) is 0.840. The summed E-state index contributed by atoms with van der Waals surface area (Å²) in [5.41, 5.74) is 0.0255. The number of halogens is 1. The predicted molar refractivity (Wildman–Crippen MR) is 61.1 cm³/mol. The molecule has 1 saturated heterocycles. The number of aliphatic hydroxyl groups excluding tert-OH is 1. The fraction of sp³-hybridized carbons (Fsp3) is 0.667. The number of aliphatic hydroxyl groups is 1. The number of hydrogen-bond acceptors (Lipinski definition) is 4. The van der Waals surface area contributed by atoms with Crippen LogP contribution in [0.15, 0.2) is 12.4 Å². The molecule has 4 nitrogen and oxygen atoms in total. The minimum atomic E-state index is -0.412. The van der Waals surface area contributed by atoms with Crippen molar-refractivity contribution in [3.8, 4) is 0 Å². The Bertz CT molecular complexity index is 411. The van der Waals surface area contributed by atoms with Crippen LogP contribution >= 0.6 is 0 Å². The minimum Gasteiger partial charge on any atom is -0.396 e. The van der Waals surface area contributed by atoms with E-state index in [2.05, 4.69) is 14.9 Å². The molecule has 0 aromatic carbocycles. The fourth-order valence-electron chi connectivity index (χ4n) is 3.29. The standard InChI is InChI=1S/C12H16FN3O/c13-10-4-14-11(15-5-10)16-6-9-2-1-3-12(9,7-16)8-17/h4-5,9,17H,1-3,6-8H2. The van der Waals surface area contributed by atoms with E-state index >= 15 is 0 Å². The summed E-state index contributed by atoms with van der Waals surface area (Å²) in [6.07, 6.45) is 5.83. The molecule has 17 heavy (non-hydrogen) atoms. The normalized spacial score (nSPS) is 31.9. The maximum Gasteiger partial charge on any atom is 0.225 e. The Labute approximate surface area is 99.5 Å². The smallest absolute Gasteiger partial charge is 0.225 e. The van der Waals surface area contributed by atoms with Crippen molar-refractivity contribution in [3.63, 3.8) is 0 Å². The van der Waals surface area contributed by atoms with Gasteiger partial charge < -0.3 is 10.0 Å². The minimum absolute atomic E-state index is 0.0255. The largest absolute Gasteiger partial charge is 0.396 e. The molecule has 2 unspecified atom stereocenters. The molecule has 2 fully saturated rings. The van der Waals surface area contributed by atoms with Crippen molar-refractivity contribution in [1.82, 2.24) is 9.97 Å². The second kappa shape index (κ2) is 3.91. The van der Waals surface area contributed by atoms with Crippen molar-refractivity contribution in [2.45, 2.75) is 19.3 Å². The van der Waals surface area contributed by atoms with Crippen molar-refractivity contribution >= 4 is 5.95 Å². The summed E-state index contributed by atoms with van der Waals surface area (Å²) in [5, 5.41) is 9.61. The molecule has 0 radical (unpaired) electrons. The van der Waals surface area contributed by atoms with Crippen molar-refractivity contribution in [3.05, 3.63) is 18.2 Å². The van der Waals surface area contributed by atoms with E-state index < -0.39 is 5.82 Å². The number of fused-ring (bicyclic) bond motifs is 1. The van der Waals surface area contributed by atoms with Crippen LogP contribution in [-0.4, -0.2) is 34.8 Å². The van der Waals surface area contributed by atoms with Gasteiger partial charge in [-0.2, -0.15) is 0 Å². The van der Waals surface area contributed by atoms with Crippen LogP contribution in [0, 0.1) is 17.2 Å². The summed E-state index contributed by atoms with van der Waals surface area (Å²) >= 11 is 0. The van der Waals surface area contributed by atoms with E-state index in [0.29, 0.717) is 11.9 Å². The molecule has 2 aliphatic rings. The first-order valence-electron chi connectivity index (χ1n) is 6.07. The number of nitrogens with zero attached hydrogens (tertiary/aromatic N) is 3. The molecule has 0 spiro atoms. The first kappa shape index (κ1) is 10.9.